The monoisotopic (exact) mass is 377 g/mol. The Morgan fingerprint density at radius 3 is 2.19 bits per heavy atom. The van der Waals surface area contributed by atoms with E-state index in [1.807, 2.05) is 13.8 Å². The number of rotatable bonds is 10. The van der Waals surface area contributed by atoms with Crippen LogP contribution in [0.25, 0.3) is 0 Å². The molecule has 2 rings (SSSR count). The number of amides is 2. The minimum atomic E-state index is -0.911. The van der Waals surface area contributed by atoms with E-state index >= 15 is 0 Å². The zero-order valence-corrected chi connectivity index (χ0v) is 16.3. The van der Waals surface area contributed by atoms with E-state index in [0.717, 1.165) is 0 Å². The third-order valence-corrected chi connectivity index (χ3v) is 4.35. The van der Waals surface area contributed by atoms with Crippen LogP contribution in [0.4, 0.5) is 0 Å². The molecule has 2 amide bonds. The Labute approximate surface area is 159 Å². The first-order valence-corrected chi connectivity index (χ1v) is 9.17. The summed E-state index contributed by atoms with van der Waals surface area (Å²) in [5.41, 5.74) is -0.137. The van der Waals surface area contributed by atoms with Gasteiger partial charge in [0.05, 0.1) is 29.9 Å². The van der Waals surface area contributed by atoms with Crippen molar-refractivity contribution in [2.45, 2.75) is 45.8 Å². The molecular weight excluding hydrogens is 350 g/mol. The van der Waals surface area contributed by atoms with Gasteiger partial charge >= 0.3 is 5.97 Å². The molecule has 0 saturated heterocycles. The number of imide groups is 1. The fourth-order valence-electron chi connectivity index (χ4n) is 2.90. The largest absolute Gasteiger partial charge is 0.461 e. The van der Waals surface area contributed by atoms with Gasteiger partial charge in [-0.25, -0.2) is 4.79 Å². The molecule has 0 fully saturated rings. The highest BCUT2D eigenvalue weighted by Crippen LogP contribution is 2.29. The predicted molar refractivity (Wildman–Crippen MR) is 98.5 cm³/mol. The second-order valence-corrected chi connectivity index (χ2v) is 6.88. The topological polar surface area (TPSA) is 82.1 Å². The number of esters is 1. The average molecular weight is 377 g/mol. The zero-order chi connectivity index (χ0) is 20.0. The van der Waals surface area contributed by atoms with E-state index in [1.165, 1.54) is 4.90 Å². The van der Waals surface area contributed by atoms with E-state index in [0.29, 0.717) is 30.8 Å². The van der Waals surface area contributed by atoms with Crippen LogP contribution in [0.1, 0.15) is 54.8 Å². The lowest BCUT2D eigenvalue weighted by Crippen LogP contribution is -2.51. The highest BCUT2D eigenvalue weighted by molar-refractivity contribution is 6.21. The average Bonchev–Trinajstić information content (AvgIpc) is 2.91. The van der Waals surface area contributed by atoms with Crippen molar-refractivity contribution in [1.82, 2.24) is 4.90 Å². The number of ether oxygens (including phenoxy) is 3. The number of hydrogen-bond donors (Lipinski definition) is 0. The fourth-order valence-corrected chi connectivity index (χ4v) is 2.90. The third-order valence-electron chi connectivity index (χ3n) is 4.35. The summed E-state index contributed by atoms with van der Waals surface area (Å²) >= 11 is 0. The summed E-state index contributed by atoms with van der Waals surface area (Å²) in [7, 11) is 0. The molecule has 0 radical (unpaired) electrons. The Morgan fingerprint density at radius 2 is 1.67 bits per heavy atom. The molecule has 1 aromatic rings. The molecule has 27 heavy (non-hydrogen) atoms. The standard InChI is InChI=1S/C20H27NO6/c1-5-16(19(24)26-12-11-25-6-2)27-13-20(3,4)21-17(22)14-9-7-8-10-15(14)18(21)23/h7-10,16H,5-6,11-13H2,1-4H3. The number of carbonyl (C=O) groups excluding carboxylic acids is 3. The lowest BCUT2D eigenvalue weighted by Gasteiger charge is -2.34. The van der Waals surface area contributed by atoms with Gasteiger partial charge in [-0.15, -0.1) is 0 Å². The van der Waals surface area contributed by atoms with Crippen LogP contribution in [0.5, 0.6) is 0 Å². The van der Waals surface area contributed by atoms with Crippen molar-refractivity contribution in [3.63, 3.8) is 0 Å². The first-order valence-electron chi connectivity index (χ1n) is 9.17. The number of nitrogens with zero attached hydrogens (tertiary/aromatic N) is 1. The van der Waals surface area contributed by atoms with E-state index in [9.17, 15) is 14.4 Å². The zero-order valence-electron chi connectivity index (χ0n) is 16.3. The Morgan fingerprint density at radius 1 is 1.07 bits per heavy atom. The van der Waals surface area contributed by atoms with Crippen molar-refractivity contribution < 1.29 is 28.6 Å². The van der Waals surface area contributed by atoms with E-state index in [-0.39, 0.29) is 25.0 Å². The smallest absolute Gasteiger partial charge is 0.335 e. The van der Waals surface area contributed by atoms with E-state index < -0.39 is 17.6 Å². The van der Waals surface area contributed by atoms with Gasteiger partial charge in [0.15, 0.2) is 6.10 Å². The molecular formula is C20H27NO6. The maximum atomic E-state index is 12.6. The number of benzene rings is 1. The third kappa shape index (κ3) is 4.73. The van der Waals surface area contributed by atoms with Crippen LogP contribution >= 0.6 is 0 Å². The Kier molecular flexibility index (Phi) is 7.10. The van der Waals surface area contributed by atoms with Crippen molar-refractivity contribution in [1.29, 1.82) is 0 Å². The molecule has 7 nitrogen and oxygen atoms in total. The quantitative estimate of drug-likeness (QED) is 0.354. The maximum Gasteiger partial charge on any atom is 0.335 e. The summed E-state index contributed by atoms with van der Waals surface area (Å²) < 4.78 is 16.0. The molecule has 148 valence electrons. The van der Waals surface area contributed by atoms with E-state index in [4.69, 9.17) is 14.2 Å². The molecule has 0 bridgehead atoms. The van der Waals surface area contributed by atoms with Gasteiger partial charge in [-0.3, -0.25) is 14.5 Å². The summed E-state index contributed by atoms with van der Waals surface area (Å²) in [4.78, 5) is 38.6. The van der Waals surface area contributed by atoms with Crippen molar-refractivity contribution in [2.75, 3.05) is 26.4 Å². The lowest BCUT2D eigenvalue weighted by molar-refractivity contribution is -0.160. The van der Waals surface area contributed by atoms with Gasteiger partial charge in [0, 0.05) is 6.61 Å². The Balaban J connectivity index is 1.98. The van der Waals surface area contributed by atoms with Crippen LogP contribution < -0.4 is 0 Å². The minimum Gasteiger partial charge on any atom is -0.461 e. The molecule has 0 aromatic heterocycles. The van der Waals surface area contributed by atoms with Crippen LogP contribution in [0.3, 0.4) is 0 Å². The van der Waals surface area contributed by atoms with Gasteiger partial charge in [-0.1, -0.05) is 19.1 Å². The van der Waals surface area contributed by atoms with Gasteiger partial charge in [0.2, 0.25) is 0 Å². The highest BCUT2D eigenvalue weighted by Gasteiger charge is 2.44. The second kappa shape index (κ2) is 9.10. The van der Waals surface area contributed by atoms with Crippen molar-refractivity contribution in [2.24, 2.45) is 0 Å². The van der Waals surface area contributed by atoms with Crippen LogP contribution in [-0.2, 0) is 19.0 Å². The van der Waals surface area contributed by atoms with Crippen LogP contribution in [0.2, 0.25) is 0 Å². The molecule has 1 aliphatic heterocycles. The first kappa shape index (κ1) is 21.1. The molecule has 1 aliphatic rings. The highest BCUT2D eigenvalue weighted by atomic mass is 16.6. The van der Waals surface area contributed by atoms with Gasteiger partial charge in [0.25, 0.3) is 11.8 Å². The molecule has 0 N–H and O–H groups in total. The number of fused-ring (bicyclic) bond motifs is 1. The fraction of sp³-hybridized carbons (Fsp3) is 0.550. The number of hydrogen-bond acceptors (Lipinski definition) is 6. The molecule has 0 spiro atoms. The van der Waals surface area contributed by atoms with Gasteiger partial charge in [0.1, 0.15) is 6.61 Å². The molecule has 0 aliphatic carbocycles. The lowest BCUT2D eigenvalue weighted by atomic mass is 10.0. The van der Waals surface area contributed by atoms with Crippen LogP contribution in [0, 0.1) is 0 Å². The molecule has 7 heteroatoms. The Hall–Kier alpha value is -2.25. The second-order valence-electron chi connectivity index (χ2n) is 6.88. The Bertz CT molecular complexity index is 664. The predicted octanol–water partition coefficient (Wildman–Crippen LogP) is 2.44. The summed E-state index contributed by atoms with van der Waals surface area (Å²) in [5.74, 6) is -1.18. The van der Waals surface area contributed by atoms with Crippen molar-refractivity contribution >= 4 is 17.8 Å². The molecule has 1 heterocycles. The normalized spacial score (nSPS) is 15.0. The van der Waals surface area contributed by atoms with Gasteiger partial charge < -0.3 is 14.2 Å². The van der Waals surface area contributed by atoms with E-state index in [2.05, 4.69) is 0 Å². The molecule has 1 unspecified atom stereocenters. The summed E-state index contributed by atoms with van der Waals surface area (Å²) in [6, 6.07) is 6.72. The summed E-state index contributed by atoms with van der Waals surface area (Å²) in [6.45, 7) is 8.22. The van der Waals surface area contributed by atoms with Gasteiger partial charge in [-0.2, -0.15) is 0 Å². The van der Waals surface area contributed by atoms with Crippen LogP contribution in [-0.4, -0.2) is 60.8 Å². The molecule has 0 saturated carbocycles. The molecule has 1 aromatic carbocycles. The summed E-state index contributed by atoms with van der Waals surface area (Å²) in [5, 5.41) is 0. The van der Waals surface area contributed by atoms with Crippen LogP contribution in [0.15, 0.2) is 24.3 Å². The SMILES string of the molecule is CCOCCOC(=O)C(CC)OCC(C)(C)N1C(=O)c2ccccc2C1=O. The minimum absolute atomic E-state index is 0.0253. The first-order chi connectivity index (χ1) is 12.8. The maximum absolute atomic E-state index is 12.6. The van der Waals surface area contributed by atoms with Gasteiger partial charge in [-0.05, 0) is 39.3 Å². The van der Waals surface area contributed by atoms with E-state index in [1.54, 1.807) is 38.1 Å². The van der Waals surface area contributed by atoms with Crippen molar-refractivity contribution in [3.8, 4) is 0 Å². The van der Waals surface area contributed by atoms with Crippen molar-refractivity contribution in [3.05, 3.63) is 35.4 Å². The molecule has 1 atom stereocenters. The number of carbonyl (C=O) groups is 3. The summed E-state index contributed by atoms with van der Waals surface area (Å²) in [6.07, 6.45) is -0.341.